The molecule has 3 aromatic carbocycles. The van der Waals surface area contributed by atoms with Crippen LogP contribution in [-0.4, -0.2) is 31.3 Å². The van der Waals surface area contributed by atoms with E-state index in [1.54, 1.807) is 10.9 Å². The molecule has 0 aliphatic carbocycles. The van der Waals surface area contributed by atoms with Crippen molar-refractivity contribution in [2.45, 2.75) is 0 Å². The molecular weight excluding hydrogens is 380 g/mol. The first-order valence-electron chi connectivity index (χ1n) is 9.10. The maximum Gasteiger partial charge on any atom is 0.216 e. The molecule has 0 saturated heterocycles. The number of fused-ring (bicyclic) bond motifs is 1. The van der Waals surface area contributed by atoms with Crippen molar-refractivity contribution in [3.05, 3.63) is 89.2 Å². The van der Waals surface area contributed by atoms with Crippen LogP contribution in [0.3, 0.4) is 0 Å². The molecule has 2 N–H and O–H groups in total. The lowest BCUT2D eigenvalue weighted by molar-refractivity contribution is 0.866. The van der Waals surface area contributed by atoms with Crippen LogP contribution in [0, 0.1) is 4.77 Å². The summed E-state index contributed by atoms with van der Waals surface area (Å²) in [4.78, 5) is 0. The van der Waals surface area contributed by atoms with Gasteiger partial charge in [0.15, 0.2) is 0 Å². The summed E-state index contributed by atoms with van der Waals surface area (Å²) >= 11 is 5.38. The van der Waals surface area contributed by atoms with Crippen molar-refractivity contribution < 1.29 is 0 Å². The van der Waals surface area contributed by atoms with Gasteiger partial charge in [0.25, 0.3) is 0 Å². The lowest BCUT2D eigenvalue weighted by atomic mass is 10.1. The Morgan fingerprint density at radius 2 is 1.66 bits per heavy atom. The number of rotatable bonds is 4. The van der Waals surface area contributed by atoms with Crippen LogP contribution < -0.4 is 0 Å². The zero-order valence-electron chi connectivity index (χ0n) is 15.3. The third kappa shape index (κ3) is 3.28. The summed E-state index contributed by atoms with van der Waals surface area (Å²) in [5.74, 6) is 0.571. The van der Waals surface area contributed by atoms with Gasteiger partial charge in [0, 0.05) is 11.1 Å². The number of hydrogen-bond acceptors (Lipinski definition) is 4. The van der Waals surface area contributed by atoms with Gasteiger partial charge in [-0.1, -0.05) is 72.8 Å². The van der Waals surface area contributed by atoms with E-state index in [4.69, 9.17) is 12.2 Å². The molecule has 7 heteroatoms. The Balaban J connectivity index is 1.53. The molecule has 6 nitrogen and oxygen atoms in total. The molecule has 0 aliphatic heterocycles. The van der Waals surface area contributed by atoms with Crippen molar-refractivity contribution in [3.63, 3.8) is 0 Å². The minimum atomic E-state index is 0.410. The molecular formula is C22H16N6S. The molecule has 5 aromatic rings. The molecule has 0 unspecified atom stereocenters. The number of aromatic nitrogens is 5. The van der Waals surface area contributed by atoms with Crippen LogP contribution in [-0.2, 0) is 0 Å². The highest BCUT2D eigenvalue weighted by Crippen LogP contribution is 2.23. The molecule has 0 fully saturated rings. The summed E-state index contributed by atoms with van der Waals surface area (Å²) in [7, 11) is 0. The fourth-order valence-corrected chi connectivity index (χ4v) is 3.43. The van der Waals surface area contributed by atoms with Crippen LogP contribution in [0.15, 0.2) is 84.0 Å². The van der Waals surface area contributed by atoms with Crippen molar-refractivity contribution in [1.82, 2.24) is 25.1 Å². The lowest BCUT2D eigenvalue weighted by Gasteiger charge is -2.02. The van der Waals surface area contributed by atoms with Gasteiger partial charge in [0.2, 0.25) is 10.6 Å². The van der Waals surface area contributed by atoms with E-state index < -0.39 is 0 Å². The van der Waals surface area contributed by atoms with Gasteiger partial charge in [0.05, 0.1) is 11.9 Å². The zero-order chi connectivity index (χ0) is 19.6. The van der Waals surface area contributed by atoms with Crippen LogP contribution in [0.5, 0.6) is 0 Å². The van der Waals surface area contributed by atoms with E-state index in [9.17, 15) is 0 Å². The maximum atomic E-state index is 5.38. The number of aromatic amines is 2. The number of hydrogen-bond donors (Lipinski definition) is 2. The first-order valence-corrected chi connectivity index (χ1v) is 9.51. The van der Waals surface area contributed by atoms with Crippen molar-refractivity contribution >= 4 is 29.2 Å². The summed E-state index contributed by atoms with van der Waals surface area (Å²) in [6, 6.07) is 26.2. The van der Waals surface area contributed by atoms with E-state index in [1.165, 1.54) is 0 Å². The highest BCUT2D eigenvalue weighted by Gasteiger charge is 2.12. The molecule has 0 aliphatic rings. The summed E-state index contributed by atoms with van der Waals surface area (Å²) in [5, 5.41) is 21.4. The molecule has 140 valence electrons. The van der Waals surface area contributed by atoms with Crippen molar-refractivity contribution in [3.8, 4) is 22.8 Å². The van der Waals surface area contributed by atoms with E-state index in [2.05, 4.69) is 43.7 Å². The fourth-order valence-electron chi connectivity index (χ4n) is 3.25. The van der Waals surface area contributed by atoms with Crippen LogP contribution in [0.1, 0.15) is 5.56 Å². The third-order valence-corrected chi connectivity index (χ3v) is 4.94. The number of H-pyrrole nitrogens is 2. The first-order chi connectivity index (χ1) is 14.3. The standard InChI is InChI=1S/C22H16N6S/c29-22-27-26-21(20-13-19(24-25-20)16-8-2-1-3-9-16)28(22)23-14-17-11-6-10-15-7-4-5-12-18(15)17/h1-14H,(H,24,25)(H,27,29)/b23-14+. The number of nitrogens with one attached hydrogen (secondary N) is 2. The van der Waals surface area contributed by atoms with E-state index in [-0.39, 0.29) is 0 Å². The van der Waals surface area contributed by atoms with Crippen LogP contribution in [0.25, 0.3) is 33.5 Å². The molecule has 0 atom stereocenters. The van der Waals surface area contributed by atoms with Crippen LogP contribution in [0.4, 0.5) is 0 Å². The largest absolute Gasteiger partial charge is 0.274 e. The van der Waals surface area contributed by atoms with Gasteiger partial charge < -0.3 is 0 Å². The minimum Gasteiger partial charge on any atom is -0.274 e. The van der Waals surface area contributed by atoms with Gasteiger partial charge in [0.1, 0.15) is 5.69 Å². The predicted molar refractivity (Wildman–Crippen MR) is 117 cm³/mol. The van der Waals surface area contributed by atoms with Crippen LogP contribution >= 0.6 is 12.2 Å². The van der Waals surface area contributed by atoms with Gasteiger partial charge in [-0.15, -0.1) is 0 Å². The molecule has 2 heterocycles. The Morgan fingerprint density at radius 3 is 2.55 bits per heavy atom. The monoisotopic (exact) mass is 396 g/mol. The summed E-state index contributed by atoms with van der Waals surface area (Å²) < 4.78 is 2.01. The molecule has 29 heavy (non-hydrogen) atoms. The number of benzene rings is 3. The SMILES string of the molecule is S=c1[nH]nc(-c2cc(-c3ccccc3)n[nH]2)n1/N=C/c1cccc2ccccc12. The Bertz CT molecular complexity index is 1370. The molecule has 5 rings (SSSR count). The fraction of sp³-hybridized carbons (Fsp3) is 0. The molecule has 0 saturated carbocycles. The van der Waals surface area contributed by atoms with Gasteiger partial charge in [-0.3, -0.25) is 5.10 Å². The summed E-state index contributed by atoms with van der Waals surface area (Å²) in [5.41, 5.74) is 3.59. The Kier molecular flexibility index (Phi) is 4.34. The molecule has 2 aromatic heterocycles. The topological polar surface area (TPSA) is 74.7 Å². The third-order valence-electron chi connectivity index (χ3n) is 4.67. The highest BCUT2D eigenvalue weighted by atomic mass is 32.1. The minimum absolute atomic E-state index is 0.410. The van der Waals surface area contributed by atoms with Crippen LogP contribution in [0.2, 0.25) is 0 Å². The van der Waals surface area contributed by atoms with Gasteiger partial charge in [-0.05, 0) is 29.1 Å². The van der Waals surface area contributed by atoms with Crippen molar-refractivity contribution in [1.29, 1.82) is 0 Å². The average molecular weight is 396 g/mol. The Labute approximate surface area is 171 Å². The maximum absolute atomic E-state index is 5.38. The van der Waals surface area contributed by atoms with Crippen molar-refractivity contribution in [2.75, 3.05) is 0 Å². The van der Waals surface area contributed by atoms with Gasteiger partial charge in [-0.25, -0.2) is 5.10 Å². The van der Waals surface area contributed by atoms with E-state index in [1.807, 2.05) is 60.7 Å². The Hall–Kier alpha value is -3.84. The second-order valence-electron chi connectivity index (χ2n) is 6.51. The van der Waals surface area contributed by atoms with E-state index in [0.717, 1.165) is 33.3 Å². The van der Waals surface area contributed by atoms with Crippen molar-refractivity contribution in [2.24, 2.45) is 5.10 Å². The number of nitrogens with zero attached hydrogens (tertiary/aromatic N) is 4. The normalized spacial score (nSPS) is 11.4. The van der Waals surface area contributed by atoms with E-state index >= 15 is 0 Å². The van der Waals surface area contributed by atoms with Gasteiger partial charge >= 0.3 is 0 Å². The van der Waals surface area contributed by atoms with E-state index in [0.29, 0.717) is 10.6 Å². The second-order valence-corrected chi connectivity index (χ2v) is 6.90. The quantitative estimate of drug-likeness (QED) is 0.330. The Morgan fingerprint density at radius 1 is 0.862 bits per heavy atom. The smallest absolute Gasteiger partial charge is 0.216 e. The molecule has 0 radical (unpaired) electrons. The molecule has 0 bridgehead atoms. The van der Waals surface area contributed by atoms with Gasteiger partial charge in [-0.2, -0.15) is 20.0 Å². The average Bonchev–Trinajstić information content (AvgIpc) is 3.40. The molecule has 0 spiro atoms. The zero-order valence-corrected chi connectivity index (χ0v) is 16.1. The first kappa shape index (κ1) is 17.3. The predicted octanol–water partition coefficient (Wildman–Crippen LogP) is 5.03. The highest BCUT2D eigenvalue weighted by molar-refractivity contribution is 7.71. The summed E-state index contributed by atoms with van der Waals surface area (Å²) in [6.07, 6.45) is 1.80. The molecule has 0 amide bonds. The summed E-state index contributed by atoms with van der Waals surface area (Å²) in [6.45, 7) is 0. The lowest BCUT2D eigenvalue weighted by Crippen LogP contribution is -1.95. The second kappa shape index (κ2) is 7.29.